The van der Waals surface area contributed by atoms with Crippen LogP contribution >= 0.6 is 11.6 Å². The summed E-state index contributed by atoms with van der Waals surface area (Å²) in [5, 5.41) is 3.76. The van der Waals surface area contributed by atoms with Gasteiger partial charge in [-0.05, 0) is 44.1 Å². The zero-order valence-corrected chi connectivity index (χ0v) is 11.2. The average molecular weight is 279 g/mol. The van der Waals surface area contributed by atoms with E-state index in [4.69, 9.17) is 11.6 Å². The van der Waals surface area contributed by atoms with Gasteiger partial charge in [0.25, 0.3) is 0 Å². The minimum absolute atomic E-state index is 0.0683. The normalized spacial score (nSPS) is 22.3. The maximum Gasteiger partial charge on any atom is 0.240 e. The topological polar surface area (TPSA) is 49.4 Å². The van der Waals surface area contributed by atoms with Crippen LogP contribution < -0.4 is 10.2 Å². The number of carbonyl (C=O) groups excluding carboxylic acids is 2. The van der Waals surface area contributed by atoms with Crippen molar-refractivity contribution in [2.45, 2.75) is 19.3 Å². The Morgan fingerprint density at radius 1 is 1.21 bits per heavy atom. The van der Waals surface area contributed by atoms with Crippen molar-refractivity contribution >= 4 is 29.1 Å². The summed E-state index contributed by atoms with van der Waals surface area (Å²) in [7, 11) is 0. The number of rotatable bonds is 1. The second kappa shape index (κ2) is 4.62. The van der Waals surface area contributed by atoms with Crippen molar-refractivity contribution in [3.63, 3.8) is 0 Å². The summed E-state index contributed by atoms with van der Waals surface area (Å²) in [6.07, 6.45) is 1.78. The van der Waals surface area contributed by atoms with Gasteiger partial charge in [0.15, 0.2) is 0 Å². The molecule has 2 aliphatic rings. The Bertz CT molecular complexity index is 538. The molecule has 0 atom stereocenters. The van der Waals surface area contributed by atoms with Crippen LogP contribution in [0.3, 0.4) is 0 Å². The van der Waals surface area contributed by atoms with Gasteiger partial charge in [-0.1, -0.05) is 17.7 Å². The number of hydrogen-bond acceptors (Lipinski definition) is 3. The monoisotopic (exact) mass is 278 g/mol. The van der Waals surface area contributed by atoms with Crippen LogP contribution in [0.25, 0.3) is 0 Å². The Labute approximate surface area is 116 Å². The molecule has 1 N–H and O–H groups in total. The van der Waals surface area contributed by atoms with E-state index in [0.29, 0.717) is 17.1 Å². The second-order valence-corrected chi connectivity index (χ2v) is 5.66. The van der Waals surface area contributed by atoms with Crippen molar-refractivity contribution in [1.82, 2.24) is 5.32 Å². The van der Waals surface area contributed by atoms with Crippen LogP contribution in [0, 0.1) is 5.41 Å². The van der Waals surface area contributed by atoms with Gasteiger partial charge in [0.1, 0.15) is 0 Å². The van der Waals surface area contributed by atoms with Gasteiger partial charge in [0, 0.05) is 11.4 Å². The number of nitrogens with zero attached hydrogens (tertiary/aromatic N) is 1. The molecule has 3 rings (SSSR count). The van der Waals surface area contributed by atoms with E-state index >= 15 is 0 Å². The maximum atomic E-state index is 12.6. The summed E-state index contributed by atoms with van der Waals surface area (Å²) in [6.45, 7) is 1.59. The number of benzene rings is 1. The fraction of sp³-hybridized carbons (Fsp3) is 0.429. The Kier molecular flexibility index (Phi) is 3.07. The van der Waals surface area contributed by atoms with Crippen molar-refractivity contribution in [3.8, 4) is 0 Å². The molecule has 2 aliphatic heterocycles. The molecule has 2 fully saturated rings. The lowest BCUT2D eigenvalue weighted by atomic mass is 9.77. The highest BCUT2D eigenvalue weighted by molar-refractivity contribution is 6.31. The standard InChI is InChI=1S/C14H15ClN2O2/c15-10-2-1-3-11(8-10)17-12(18)9-14(13(17)19)4-6-16-7-5-14/h1-3,8,16H,4-7,9H2. The van der Waals surface area contributed by atoms with Crippen LogP contribution in [0.5, 0.6) is 0 Å². The summed E-state index contributed by atoms with van der Waals surface area (Å²) >= 11 is 5.94. The summed E-state index contributed by atoms with van der Waals surface area (Å²) in [5.74, 6) is -0.185. The van der Waals surface area contributed by atoms with Crippen LogP contribution in [0.4, 0.5) is 5.69 Å². The van der Waals surface area contributed by atoms with E-state index in [9.17, 15) is 9.59 Å². The van der Waals surface area contributed by atoms with Crippen molar-refractivity contribution < 1.29 is 9.59 Å². The largest absolute Gasteiger partial charge is 0.317 e. The molecular formula is C14H15ClN2O2. The Morgan fingerprint density at radius 3 is 2.63 bits per heavy atom. The highest BCUT2D eigenvalue weighted by Crippen LogP contribution is 2.42. The third kappa shape index (κ3) is 2.05. The number of anilines is 1. The zero-order chi connectivity index (χ0) is 13.5. The number of carbonyl (C=O) groups is 2. The smallest absolute Gasteiger partial charge is 0.240 e. The molecule has 2 heterocycles. The maximum absolute atomic E-state index is 12.6. The quantitative estimate of drug-likeness (QED) is 0.799. The van der Waals surface area contributed by atoms with Crippen LogP contribution in [0.2, 0.25) is 5.02 Å². The van der Waals surface area contributed by atoms with E-state index in [-0.39, 0.29) is 11.8 Å². The number of imide groups is 1. The van der Waals surface area contributed by atoms with Gasteiger partial charge in [-0.2, -0.15) is 0 Å². The Balaban J connectivity index is 1.95. The van der Waals surface area contributed by atoms with Crippen LogP contribution in [-0.2, 0) is 9.59 Å². The van der Waals surface area contributed by atoms with Gasteiger partial charge in [0.05, 0.1) is 11.1 Å². The molecule has 2 saturated heterocycles. The van der Waals surface area contributed by atoms with E-state index in [0.717, 1.165) is 25.9 Å². The fourth-order valence-corrected chi connectivity index (χ4v) is 3.15. The zero-order valence-electron chi connectivity index (χ0n) is 10.5. The molecule has 1 aromatic rings. The number of halogens is 1. The third-order valence-electron chi connectivity index (χ3n) is 4.02. The van der Waals surface area contributed by atoms with E-state index in [1.165, 1.54) is 4.90 Å². The van der Waals surface area contributed by atoms with Crippen molar-refractivity contribution in [2.24, 2.45) is 5.41 Å². The lowest BCUT2D eigenvalue weighted by Crippen LogP contribution is -2.42. The van der Waals surface area contributed by atoms with Crippen LogP contribution in [0.1, 0.15) is 19.3 Å². The van der Waals surface area contributed by atoms with Crippen molar-refractivity contribution in [2.75, 3.05) is 18.0 Å². The first-order chi connectivity index (χ1) is 9.12. The van der Waals surface area contributed by atoms with E-state index in [1.54, 1.807) is 24.3 Å². The van der Waals surface area contributed by atoms with Gasteiger partial charge in [-0.15, -0.1) is 0 Å². The molecule has 0 aliphatic carbocycles. The van der Waals surface area contributed by atoms with Gasteiger partial charge in [0.2, 0.25) is 11.8 Å². The molecule has 0 bridgehead atoms. The predicted octanol–water partition coefficient (Wildman–Crippen LogP) is 1.97. The second-order valence-electron chi connectivity index (χ2n) is 5.22. The molecule has 1 aromatic carbocycles. The van der Waals surface area contributed by atoms with Gasteiger partial charge in [-0.25, -0.2) is 0 Å². The average Bonchev–Trinajstić information content (AvgIpc) is 2.62. The van der Waals surface area contributed by atoms with Gasteiger partial charge in [-0.3, -0.25) is 14.5 Å². The van der Waals surface area contributed by atoms with E-state index in [2.05, 4.69) is 5.32 Å². The molecule has 2 amide bonds. The molecule has 0 radical (unpaired) electrons. The molecule has 0 saturated carbocycles. The first-order valence-corrected chi connectivity index (χ1v) is 6.84. The van der Waals surface area contributed by atoms with Crippen molar-refractivity contribution in [1.29, 1.82) is 0 Å². The minimum Gasteiger partial charge on any atom is -0.317 e. The number of nitrogens with one attached hydrogen (secondary N) is 1. The summed E-state index contributed by atoms with van der Waals surface area (Å²) < 4.78 is 0. The summed E-state index contributed by atoms with van der Waals surface area (Å²) in [6, 6.07) is 6.90. The molecule has 19 heavy (non-hydrogen) atoms. The molecule has 5 heteroatoms. The van der Waals surface area contributed by atoms with E-state index in [1.807, 2.05) is 0 Å². The van der Waals surface area contributed by atoms with Crippen LogP contribution in [-0.4, -0.2) is 24.9 Å². The number of amides is 2. The molecule has 0 unspecified atom stereocenters. The lowest BCUT2D eigenvalue weighted by Gasteiger charge is -2.31. The molecular weight excluding hydrogens is 264 g/mol. The molecule has 0 aromatic heterocycles. The first kappa shape index (κ1) is 12.6. The van der Waals surface area contributed by atoms with Crippen molar-refractivity contribution in [3.05, 3.63) is 29.3 Å². The lowest BCUT2D eigenvalue weighted by molar-refractivity contribution is -0.126. The van der Waals surface area contributed by atoms with Gasteiger partial charge >= 0.3 is 0 Å². The number of piperidine rings is 1. The minimum atomic E-state index is -0.495. The first-order valence-electron chi connectivity index (χ1n) is 6.46. The predicted molar refractivity (Wildman–Crippen MR) is 73.1 cm³/mol. The highest BCUT2D eigenvalue weighted by atomic mass is 35.5. The summed E-state index contributed by atoms with van der Waals surface area (Å²) in [4.78, 5) is 26.2. The summed E-state index contributed by atoms with van der Waals surface area (Å²) in [5.41, 5.74) is 0.0860. The van der Waals surface area contributed by atoms with Gasteiger partial charge < -0.3 is 5.32 Å². The van der Waals surface area contributed by atoms with Crippen LogP contribution in [0.15, 0.2) is 24.3 Å². The highest BCUT2D eigenvalue weighted by Gasteiger charge is 2.52. The SMILES string of the molecule is O=C1CC2(CCNCC2)C(=O)N1c1cccc(Cl)c1. The Hall–Kier alpha value is -1.39. The third-order valence-corrected chi connectivity index (χ3v) is 4.26. The molecule has 100 valence electrons. The molecule has 4 nitrogen and oxygen atoms in total. The number of hydrogen-bond donors (Lipinski definition) is 1. The van der Waals surface area contributed by atoms with E-state index < -0.39 is 5.41 Å². The fourth-order valence-electron chi connectivity index (χ4n) is 2.97. The molecule has 1 spiro atoms. The Morgan fingerprint density at radius 2 is 1.95 bits per heavy atom.